The molecule has 0 aliphatic heterocycles. The third-order valence-electron chi connectivity index (χ3n) is 3.92. The van der Waals surface area contributed by atoms with Gasteiger partial charge < -0.3 is 14.7 Å². The lowest BCUT2D eigenvalue weighted by atomic mass is 10.2. The molecule has 2 aromatic rings. The van der Waals surface area contributed by atoms with E-state index in [9.17, 15) is 9.90 Å². The van der Waals surface area contributed by atoms with Gasteiger partial charge in [-0.2, -0.15) is 0 Å². The molecule has 0 bridgehead atoms. The topological polar surface area (TPSA) is 49.8 Å². The molecule has 2 aromatic carbocycles. The fraction of sp³-hybridized carbons (Fsp3) is 0.316. The Morgan fingerprint density at radius 3 is 2.52 bits per heavy atom. The van der Waals surface area contributed by atoms with Crippen LogP contribution in [0.15, 0.2) is 54.6 Å². The standard InChI is InChI=1S/C19H21NO3/c21-18-8-4-7-17(11-18)13-20(12-15-9-10-15)19(22)23-14-16-5-2-1-3-6-16/h1-8,11,15,21H,9-10,12-14H2. The van der Waals surface area contributed by atoms with E-state index in [1.165, 1.54) is 12.8 Å². The highest BCUT2D eigenvalue weighted by Gasteiger charge is 2.27. The van der Waals surface area contributed by atoms with Gasteiger partial charge in [-0.25, -0.2) is 4.79 Å². The fourth-order valence-corrected chi connectivity index (χ4v) is 2.50. The van der Waals surface area contributed by atoms with E-state index < -0.39 is 0 Å². The Balaban J connectivity index is 1.61. The van der Waals surface area contributed by atoms with Crippen LogP contribution in [0.25, 0.3) is 0 Å². The lowest BCUT2D eigenvalue weighted by Crippen LogP contribution is -2.32. The van der Waals surface area contributed by atoms with E-state index in [4.69, 9.17) is 4.74 Å². The minimum atomic E-state index is -0.302. The van der Waals surface area contributed by atoms with Crippen molar-refractivity contribution in [2.24, 2.45) is 5.92 Å². The molecule has 0 heterocycles. The number of phenols is 1. The number of aromatic hydroxyl groups is 1. The van der Waals surface area contributed by atoms with E-state index in [-0.39, 0.29) is 18.4 Å². The summed E-state index contributed by atoms with van der Waals surface area (Å²) < 4.78 is 5.45. The molecule has 1 aliphatic carbocycles. The first kappa shape index (κ1) is 15.4. The third kappa shape index (κ3) is 4.74. The first-order valence-corrected chi connectivity index (χ1v) is 7.94. The number of phenolic OH excluding ortho intramolecular Hbond substituents is 1. The van der Waals surface area contributed by atoms with Crippen molar-refractivity contribution in [2.45, 2.75) is 26.0 Å². The van der Waals surface area contributed by atoms with Crippen LogP contribution in [0, 0.1) is 5.92 Å². The van der Waals surface area contributed by atoms with Gasteiger partial charge in [-0.3, -0.25) is 0 Å². The molecule has 4 nitrogen and oxygen atoms in total. The van der Waals surface area contributed by atoms with E-state index in [1.807, 2.05) is 36.4 Å². The van der Waals surface area contributed by atoms with Crippen LogP contribution >= 0.6 is 0 Å². The lowest BCUT2D eigenvalue weighted by molar-refractivity contribution is 0.0919. The average molecular weight is 311 g/mol. The maximum atomic E-state index is 12.4. The van der Waals surface area contributed by atoms with Crippen molar-refractivity contribution < 1.29 is 14.6 Å². The molecule has 23 heavy (non-hydrogen) atoms. The molecular formula is C19H21NO3. The van der Waals surface area contributed by atoms with Crippen LogP contribution in [-0.4, -0.2) is 22.6 Å². The van der Waals surface area contributed by atoms with E-state index >= 15 is 0 Å². The Bertz CT molecular complexity index is 653. The fourth-order valence-electron chi connectivity index (χ4n) is 2.50. The van der Waals surface area contributed by atoms with Crippen LogP contribution in [0.5, 0.6) is 5.75 Å². The molecule has 0 radical (unpaired) electrons. The smallest absolute Gasteiger partial charge is 0.410 e. The maximum absolute atomic E-state index is 12.4. The summed E-state index contributed by atoms with van der Waals surface area (Å²) in [5.74, 6) is 0.795. The number of hydrogen-bond acceptors (Lipinski definition) is 3. The summed E-state index contributed by atoms with van der Waals surface area (Å²) in [6.45, 7) is 1.45. The van der Waals surface area contributed by atoms with Crippen molar-refractivity contribution in [1.29, 1.82) is 0 Å². The molecule has 1 amide bonds. The van der Waals surface area contributed by atoms with E-state index in [0.717, 1.165) is 11.1 Å². The van der Waals surface area contributed by atoms with Gasteiger partial charge in [0, 0.05) is 13.1 Å². The normalized spacial score (nSPS) is 13.6. The highest BCUT2D eigenvalue weighted by Crippen LogP contribution is 2.30. The largest absolute Gasteiger partial charge is 0.508 e. The zero-order chi connectivity index (χ0) is 16.1. The molecule has 1 aliphatic rings. The molecule has 1 saturated carbocycles. The summed E-state index contributed by atoms with van der Waals surface area (Å²) in [6, 6.07) is 16.7. The Labute approximate surface area is 136 Å². The second-order valence-corrected chi connectivity index (χ2v) is 6.03. The first-order valence-electron chi connectivity index (χ1n) is 7.94. The summed E-state index contributed by atoms with van der Waals surface area (Å²) in [5.41, 5.74) is 1.88. The van der Waals surface area contributed by atoms with Crippen molar-refractivity contribution in [1.82, 2.24) is 4.90 Å². The van der Waals surface area contributed by atoms with Crippen molar-refractivity contribution >= 4 is 6.09 Å². The van der Waals surface area contributed by atoms with Crippen LogP contribution in [-0.2, 0) is 17.9 Å². The third-order valence-corrected chi connectivity index (χ3v) is 3.92. The molecule has 0 atom stereocenters. The molecule has 0 spiro atoms. The van der Waals surface area contributed by atoms with E-state index in [1.54, 1.807) is 23.1 Å². The molecule has 1 N–H and O–H groups in total. The Morgan fingerprint density at radius 2 is 1.83 bits per heavy atom. The number of rotatable bonds is 6. The lowest BCUT2D eigenvalue weighted by Gasteiger charge is -2.22. The second kappa shape index (κ2) is 7.18. The monoisotopic (exact) mass is 311 g/mol. The molecule has 120 valence electrons. The van der Waals surface area contributed by atoms with Crippen molar-refractivity contribution in [3.05, 3.63) is 65.7 Å². The van der Waals surface area contributed by atoms with Crippen molar-refractivity contribution in [3.8, 4) is 5.75 Å². The van der Waals surface area contributed by atoms with Gasteiger partial charge in [0.15, 0.2) is 0 Å². The van der Waals surface area contributed by atoms with Gasteiger partial charge in [0.2, 0.25) is 0 Å². The number of carbonyl (C=O) groups is 1. The SMILES string of the molecule is O=C(OCc1ccccc1)N(Cc1cccc(O)c1)CC1CC1. The summed E-state index contributed by atoms with van der Waals surface area (Å²) in [6.07, 6.45) is 2.04. The molecule has 0 saturated heterocycles. The number of nitrogens with zero attached hydrogens (tertiary/aromatic N) is 1. The number of carbonyl (C=O) groups excluding carboxylic acids is 1. The maximum Gasteiger partial charge on any atom is 0.410 e. The molecule has 1 fully saturated rings. The molecule has 3 rings (SSSR count). The molecule has 0 unspecified atom stereocenters. The van der Waals surface area contributed by atoms with Crippen molar-refractivity contribution in [2.75, 3.05) is 6.54 Å². The van der Waals surface area contributed by atoms with Crippen LogP contribution in [0.4, 0.5) is 4.79 Å². The predicted molar refractivity (Wildman–Crippen MR) is 87.9 cm³/mol. The zero-order valence-electron chi connectivity index (χ0n) is 13.0. The van der Waals surface area contributed by atoms with Gasteiger partial charge >= 0.3 is 6.09 Å². The Morgan fingerprint density at radius 1 is 1.09 bits per heavy atom. The van der Waals surface area contributed by atoms with Gasteiger partial charge in [-0.15, -0.1) is 0 Å². The minimum absolute atomic E-state index is 0.214. The highest BCUT2D eigenvalue weighted by atomic mass is 16.6. The van der Waals surface area contributed by atoms with Crippen molar-refractivity contribution in [3.63, 3.8) is 0 Å². The summed E-state index contributed by atoms with van der Waals surface area (Å²) >= 11 is 0. The first-order chi connectivity index (χ1) is 11.2. The number of amides is 1. The average Bonchev–Trinajstić information content (AvgIpc) is 3.37. The zero-order valence-corrected chi connectivity index (χ0v) is 13.0. The molecule has 4 heteroatoms. The minimum Gasteiger partial charge on any atom is -0.508 e. The van der Waals surface area contributed by atoms with Crippen LogP contribution in [0.1, 0.15) is 24.0 Å². The summed E-state index contributed by atoms with van der Waals surface area (Å²) in [4.78, 5) is 14.1. The Hall–Kier alpha value is -2.49. The summed E-state index contributed by atoms with van der Waals surface area (Å²) in [5, 5.41) is 9.58. The van der Waals surface area contributed by atoms with Gasteiger partial charge in [0.25, 0.3) is 0 Å². The Kier molecular flexibility index (Phi) is 4.81. The van der Waals surface area contributed by atoms with E-state index in [2.05, 4.69) is 0 Å². The molecular weight excluding hydrogens is 290 g/mol. The number of ether oxygens (including phenoxy) is 1. The van der Waals surface area contributed by atoms with Crippen LogP contribution in [0.3, 0.4) is 0 Å². The summed E-state index contributed by atoms with van der Waals surface area (Å²) in [7, 11) is 0. The van der Waals surface area contributed by atoms with Gasteiger partial charge in [-0.05, 0) is 42.0 Å². The number of hydrogen-bond donors (Lipinski definition) is 1. The van der Waals surface area contributed by atoms with Crippen LogP contribution < -0.4 is 0 Å². The van der Waals surface area contributed by atoms with Gasteiger partial charge in [0.1, 0.15) is 12.4 Å². The quantitative estimate of drug-likeness (QED) is 0.879. The highest BCUT2D eigenvalue weighted by molar-refractivity contribution is 5.67. The second-order valence-electron chi connectivity index (χ2n) is 6.03. The van der Waals surface area contributed by atoms with Gasteiger partial charge in [-0.1, -0.05) is 42.5 Å². The van der Waals surface area contributed by atoms with Crippen LogP contribution in [0.2, 0.25) is 0 Å². The van der Waals surface area contributed by atoms with E-state index in [0.29, 0.717) is 19.0 Å². The number of benzene rings is 2. The molecule has 0 aromatic heterocycles. The predicted octanol–water partition coefficient (Wildman–Crippen LogP) is 3.94. The van der Waals surface area contributed by atoms with Gasteiger partial charge in [0.05, 0.1) is 0 Å².